The molecule has 0 radical (unpaired) electrons. The SMILES string of the molecule is CC(=O)N1CCNCC1C.Cl. The van der Waals surface area contributed by atoms with Crippen molar-refractivity contribution in [3.63, 3.8) is 0 Å². The van der Waals surface area contributed by atoms with E-state index in [1.54, 1.807) is 6.92 Å². The average Bonchev–Trinajstić information content (AvgIpc) is 1.88. The first-order valence-electron chi connectivity index (χ1n) is 3.69. The topological polar surface area (TPSA) is 32.3 Å². The van der Waals surface area contributed by atoms with Crippen molar-refractivity contribution < 1.29 is 4.79 Å². The lowest BCUT2D eigenvalue weighted by Crippen LogP contribution is -2.51. The van der Waals surface area contributed by atoms with E-state index in [0.29, 0.717) is 6.04 Å². The van der Waals surface area contributed by atoms with Gasteiger partial charge in [-0.15, -0.1) is 12.4 Å². The molecule has 1 saturated heterocycles. The second kappa shape index (κ2) is 4.57. The molecule has 0 bridgehead atoms. The summed E-state index contributed by atoms with van der Waals surface area (Å²) in [6.07, 6.45) is 0. The Balaban J connectivity index is 0.000001000. The van der Waals surface area contributed by atoms with Crippen molar-refractivity contribution in [1.29, 1.82) is 0 Å². The van der Waals surface area contributed by atoms with Gasteiger partial charge in [0.15, 0.2) is 0 Å². The molecule has 0 saturated carbocycles. The van der Waals surface area contributed by atoms with Crippen molar-refractivity contribution in [2.45, 2.75) is 19.9 Å². The monoisotopic (exact) mass is 178 g/mol. The van der Waals surface area contributed by atoms with Gasteiger partial charge in [-0.05, 0) is 6.92 Å². The summed E-state index contributed by atoms with van der Waals surface area (Å²) in [7, 11) is 0. The number of halogens is 1. The highest BCUT2D eigenvalue weighted by molar-refractivity contribution is 5.85. The van der Waals surface area contributed by atoms with E-state index in [9.17, 15) is 4.79 Å². The molecule has 0 aromatic rings. The van der Waals surface area contributed by atoms with Gasteiger partial charge in [-0.25, -0.2) is 0 Å². The second-order valence-electron chi connectivity index (χ2n) is 2.77. The summed E-state index contributed by atoms with van der Waals surface area (Å²) in [6.45, 7) is 6.41. The molecular weight excluding hydrogens is 164 g/mol. The normalized spacial score (nSPS) is 24.2. The van der Waals surface area contributed by atoms with Crippen molar-refractivity contribution >= 4 is 18.3 Å². The minimum Gasteiger partial charge on any atom is -0.338 e. The molecule has 0 aliphatic carbocycles. The largest absolute Gasteiger partial charge is 0.338 e. The molecule has 1 heterocycles. The summed E-state index contributed by atoms with van der Waals surface area (Å²) in [5, 5.41) is 3.23. The number of carbonyl (C=O) groups excluding carboxylic acids is 1. The number of amides is 1. The lowest BCUT2D eigenvalue weighted by atomic mass is 10.2. The summed E-state index contributed by atoms with van der Waals surface area (Å²) < 4.78 is 0. The Hall–Kier alpha value is -0.280. The van der Waals surface area contributed by atoms with Gasteiger partial charge >= 0.3 is 0 Å². The van der Waals surface area contributed by atoms with Crippen LogP contribution in [-0.4, -0.2) is 36.5 Å². The summed E-state index contributed by atoms with van der Waals surface area (Å²) in [5.41, 5.74) is 0. The van der Waals surface area contributed by atoms with E-state index < -0.39 is 0 Å². The van der Waals surface area contributed by atoms with E-state index in [2.05, 4.69) is 12.2 Å². The fraction of sp³-hybridized carbons (Fsp3) is 0.857. The van der Waals surface area contributed by atoms with Crippen molar-refractivity contribution in [1.82, 2.24) is 10.2 Å². The molecule has 66 valence electrons. The molecule has 1 atom stereocenters. The maximum absolute atomic E-state index is 10.9. The molecule has 1 unspecified atom stereocenters. The molecule has 1 amide bonds. The maximum Gasteiger partial charge on any atom is 0.219 e. The number of nitrogens with one attached hydrogen (secondary N) is 1. The third kappa shape index (κ3) is 2.67. The zero-order valence-corrected chi connectivity index (χ0v) is 7.78. The third-order valence-corrected chi connectivity index (χ3v) is 1.91. The Labute approximate surface area is 73.5 Å². The fourth-order valence-electron chi connectivity index (χ4n) is 1.31. The molecule has 3 nitrogen and oxygen atoms in total. The summed E-state index contributed by atoms with van der Waals surface area (Å²) in [5.74, 6) is 0.189. The molecular formula is C7H15ClN2O. The zero-order chi connectivity index (χ0) is 7.56. The van der Waals surface area contributed by atoms with Crippen molar-refractivity contribution in [3.8, 4) is 0 Å². The zero-order valence-electron chi connectivity index (χ0n) is 6.96. The fourth-order valence-corrected chi connectivity index (χ4v) is 1.31. The number of rotatable bonds is 0. The van der Waals surface area contributed by atoms with Crippen LogP contribution in [0.25, 0.3) is 0 Å². The van der Waals surface area contributed by atoms with Crippen LogP contribution in [0, 0.1) is 0 Å². The van der Waals surface area contributed by atoms with Crippen LogP contribution >= 0.6 is 12.4 Å². The average molecular weight is 179 g/mol. The minimum absolute atomic E-state index is 0. The van der Waals surface area contributed by atoms with Crippen molar-refractivity contribution in [2.24, 2.45) is 0 Å². The number of piperazine rings is 1. The van der Waals surface area contributed by atoms with Crippen LogP contribution in [0.2, 0.25) is 0 Å². The van der Waals surface area contributed by atoms with E-state index >= 15 is 0 Å². The van der Waals surface area contributed by atoms with E-state index in [1.165, 1.54) is 0 Å². The van der Waals surface area contributed by atoms with Gasteiger partial charge in [-0.2, -0.15) is 0 Å². The Morgan fingerprint density at radius 3 is 2.64 bits per heavy atom. The molecule has 0 aromatic carbocycles. The highest BCUT2D eigenvalue weighted by atomic mass is 35.5. The van der Waals surface area contributed by atoms with Gasteiger partial charge < -0.3 is 10.2 Å². The molecule has 1 N–H and O–H groups in total. The van der Waals surface area contributed by atoms with Crippen LogP contribution in [0.5, 0.6) is 0 Å². The lowest BCUT2D eigenvalue weighted by molar-refractivity contribution is -0.131. The molecule has 11 heavy (non-hydrogen) atoms. The van der Waals surface area contributed by atoms with Crippen LogP contribution in [0.4, 0.5) is 0 Å². The number of nitrogens with zero attached hydrogens (tertiary/aromatic N) is 1. The van der Waals surface area contributed by atoms with Crippen LogP contribution in [0.3, 0.4) is 0 Å². The maximum atomic E-state index is 10.9. The summed E-state index contributed by atoms with van der Waals surface area (Å²) in [4.78, 5) is 12.8. The number of hydrogen-bond acceptors (Lipinski definition) is 2. The summed E-state index contributed by atoms with van der Waals surface area (Å²) in [6, 6.07) is 0.367. The standard InChI is InChI=1S/C7H14N2O.ClH/c1-6-5-8-3-4-9(6)7(2)10;/h6,8H,3-5H2,1-2H3;1H. The van der Waals surface area contributed by atoms with Gasteiger partial charge in [-0.3, -0.25) is 4.79 Å². The van der Waals surface area contributed by atoms with Crippen molar-refractivity contribution in [3.05, 3.63) is 0 Å². The van der Waals surface area contributed by atoms with Gasteiger partial charge in [0.2, 0.25) is 5.91 Å². The first kappa shape index (κ1) is 10.7. The van der Waals surface area contributed by atoms with Crippen molar-refractivity contribution in [2.75, 3.05) is 19.6 Å². The van der Waals surface area contributed by atoms with Gasteiger partial charge in [0, 0.05) is 32.6 Å². The first-order chi connectivity index (χ1) is 4.72. The molecule has 1 fully saturated rings. The smallest absolute Gasteiger partial charge is 0.219 e. The van der Waals surface area contributed by atoms with Gasteiger partial charge in [0.1, 0.15) is 0 Å². The van der Waals surface area contributed by atoms with E-state index in [4.69, 9.17) is 0 Å². The third-order valence-electron chi connectivity index (χ3n) is 1.91. The summed E-state index contributed by atoms with van der Waals surface area (Å²) >= 11 is 0. The van der Waals surface area contributed by atoms with Crippen LogP contribution < -0.4 is 5.32 Å². The molecule has 1 rings (SSSR count). The molecule has 0 aromatic heterocycles. The molecule has 1 aliphatic rings. The van der Waals surface area contributed by atoms with Crippen LogP contribution in [-0.2, 0) is 4.79 Å². The predicted molar refractivity (Wildman–Crippen MR) is 47.0 cm³/mol. The van der Waals surface area contributed by atoms with E-state index in [1.807, 2.05) is 4.90 Å². The van der Waals surface area contributed by atoms with Gasteiger partial charge in [-0.1, -0.05) is 0 Å². The quantitative estimate of drug-likeness (QED) is 0.577. The highest BCUT2D eigenvalue weighted by Crippen LogP contribution is 2.01. The Bertz CT molecular complexity index is 140. The second-order valence-corrected chi connectivity index (χ2v) is 2.77. The predicted octanol–water partition coefficient (Wildman–Crippen LogP) is 0.248. The Morgan fingerprint density at radius 1 is 1.64 bits per heavy atom. The number of hydrogen-bond donors (Lipinski definition) is 1. The van der Waals surface area contributed by atoms with Crippen LogP contribution in [0.1, 0.15) is 13.8 Å². The van der Waals surface area contributed by atoms with E-state index in [0.717, 1.165) is 19.6 Å². The van der Waals surface area contributed by atoms with Gasteiger partial charge in [0.05, 0.1) is 0 Å². The molecule has 1 aliphatic heterocycles. The first-order valence-corrected chi connectivity index (χ1v) is 3.69. The van der Waals surface area contributed by atoms with Gasteiger partial charge in [0.25, 0.3) is 0 Å². The lowest BCUT2D eigenvalue weighted by Gasteiger charge is -2.32. The molecule has 4 heteroatoms. The highest BCUT2D eigenvalue weighted by Gasteiger charge is 2.18. The van der Waals surface area contributed by atoms with Crippen LogP contribution in [0.15, 0.2) is 0 Å². The number of carbonyl (C=O) groups is 1. The Morgan fingerprint density at radius 2 is 2.27 bits per heavy atom. The Kier molecular flexibility index (Phi) is 4.45. The van der Waals surface area contributed by atoms with E-state index in [-0.39, 0.29) is 18.3 Å². The minimum atomic E-state index is 0. The molecule has 0 spiro atoms.